The largest absolute Gasteiger partial charge is 0.493 e. The van der Waals surface area contributed by atoms with Crippen LogP contribution in [-0.2, 0) is 17.8 Å². The van der Waals surface area contributed by atoms with Gasteiger partial charge in [0, 0.05) is 17.9 Å². The number of rotatable bonds is 9. The van der Waals surface area contributed by atoms with Crippen LogP contribution in [0.15, 0.2) is 47.4 Å². The van der Waals surface area contributed by atoms with E-state index in [9.17, 15) is 18.0 Å². The van der Waals surface area contributed by atoms with Crippen molar-refractivity contribution in [1.82, 2.24) is 5.32 Å². The third-order valence-electron chi connectivity index (χ3n) is 3.91. The number of nitrogens with one attached hydrogen (secondary N) is 1. The summed E-state index contributed by atoms with van der Waals surface area (Å²) in [6.07, 6.45) is -1.72. The first kappa shape index (κ1) is 21.9. The number of methoxy groups -OCH3 is 1. The first-order valence-electron chi connectivity index (χ1n) is 8.57. The van der Waals surface area contributed by atoms with E-state index in [0.717, 1.165) is 16.0 Å². The third-order valence-corrected chi connectivity index (χ3v) is 4.65. The molecule has 0 spiro atoms. The summed E-state index contributed by atoms with van der Waals surface area (Å²) in [5, 5.41) is 2.86. The standard InChI is InChI=1S/C20H22F3NO3S/c1-26-18-11-14(5-9-17(18)27-13-20(21,22)23)6-10-19(25)24-12-15-3-7-16(28-2)8-4-15/h3-5,7-9,11H,6,10,12-13H2,1-2H3,(H,24,25). The van der Waals surface area contributed by atoms with Crippen molar-refractivity contribution in [2.75, 3.05) is 20.0 Å². The normalized spacial score (nSPS) is 11.2. The Morgan fingerprint density at radius 1 is 1.07 bits per heavy atom. The van der Waals surface area contributed by atoms with E-state index in [0.29, 0.717) is 13.0 Å². The zero-order valence-corrected chi connectivity index (χ0v) is 16.5. The molecule has 0 saturated heterocycles. The van der Waals surface area contributed by atoms with Gasteiger partial charge in [0.05, 0.1) is 7.11 Å². The predicted octanol–water partition coefficient (Wildman–Crippen LogP) is 4.61. The highest BCUT2D eigenvalue weighted by molar-refractivity contribution is 7.98. The zero-order valence-electron chi connectivity index (χ0n) is 15.6. The monoisotopic (exact) mass is 413 g/mol. The molecule has 2 rings (SSSR count). The van der Waals surface area contributed by atoms with Gasteiger partial charge in [-0.3, -0.25) is 4.79 Å². The zero-order chi connectivity index (χ0) is 20.6. The van der Waals surface area contributed by atoms with Gasteiger partial charge in [0.25, 0.3) is 0 Å². The highest BCUT2D eigenvalue weighted by Crippen LogP contribution is 2.30. The summed E-state index contributed by atoms with van der Waals surface area (Å²) < 4.78 is 46.7. The van der Waals surface area contributed by atoms with Crippen LogP contribution in [-0.4, -0.2) is 32.1 Å². The lowest BCUT2D eigenvalue weighted by molar-refractivity contribution is -0.153. The van der Waals surface area contributed by atoms with Gasteiger partial charge >= 0.3 is 6.18 Å². The average Bonchev–Trinajstić information content (AvgIpc) is 2.69. The Hall–Kier alpha value is -2.35. The summed E-state index contributed by atoms with van der Waals surface area (Å²) in [7, 11) is 1.36. The number of aryl methyl sites for hydroxylation is 1. The number of carbonyl (C=O) groups is 1. The summed E-state index contributed by atoms with van der Waals surface area (Å²) in [6, 6.07) is 12.6. The second-order valence-electron chi connectivity index (χ2n) is 6.01. The predicted molar refractivity (Wildman–Crippen MR) is 103 cm³/mol. The quantitative estimate of drug-likeness (QED) is 0.610. The van der Waals surface area contributed by atoms with Crippen LogP contribution in [0.5, 0.6) is 11.5 Å². The van der Waals surface area contributed by atoms with Gasteiger partial charge in [0.1, 0.15) is 0 Å². The maximum atomic E-state index is 12.3. The number of ether oxygens (including phenoxy) is 2. The molecule has 0 aliphatic carbocycles. The lowest BCUT2D eigenvalue weighted by Gasteiger charge is -2.13. The first-order valence-corrected chi connectivity index (χ1v) is 9.79. The Labute approximate surface area is 166 Å². The van der Waals surface area contributed by atoms with Gasteiger partial charge in [-0.15, -0.1) is 11.8 Å². The summed E-state index contributed by atoms with van der Waals surface area (Å²) >= 11 is 1.65. The molecular formula is C20H22F3NO3S. The molecule has 0 radical (unpaired) electrons. The molecule has 4 nitrogen and oxygen atoms in total. The van der Waals surface area contributed by atoms with Crippen LogP contribution in [0.3, 0.4) is 0 Å². The smallest absolute Gasteiger partial charge is 0.422 e. The fourth-order valence-corrected chi connectivity index (χ4v) is 2.84. The molecule has 0 heterocycles. The molecule has 8 heteroatoms. The van der Waals surface area contributed by atoms with Gasteiger partial charge < -0.3 is 14.8 Å². The number of thioether (sulfide) groups is 1. The van der Waals surface area contributed by atoms with Gasteiger partial charge in [-0.1, -0.05) is 18.2 Å². The third kappa shape index (κ3) is 7.34. The SMILES string of the molecule is COc1cc(CCC(=O)NCc2ccc(SC)cc2)ccc1OCC(F)(F)F. The van der Waals surface area contributed by atoms with Crippen LogP contribution >= 0.6 is 11.8 Å². The topological polar surface area (TPSA) is 47.6 Å². The molecule has 2 aromatic rings. The van der Waals surface area contributed by atoms with Crippen molar-refractivity contribution in [3.63, 3.8) is 0 Å². The van der Waals surface area contributed by atoms with Gasteiger partial charge in [-0.05, 0) is 48.1 Å². The molecule has 0 saturated carbocycles. The number of benzene rings is 2. The fourth-order valence-electron chi connectivity index (χ4n) is 2.44. The van der Waals surface area contributed by atoms with Crippen molar-refractivity contribution >= 4 is 17.7 Å². The van der Waals surface area contributed by atoms with E-state index >= 15 is 0 Å². The lowest BCUT2D eigenvalue weighted by Crippen LogP contribution is -2.23. The Morgan fingerprint density at radius 2 is 1.75 bits per heavy atom. The van der Waals surface area contributed by atoms with Crippen molar-refractivity contribution in [2.24, 2.45) is 0 Å². The average molecular weight is 413 g/mol. The first-order chi connectivity index (χ1) is 13.3. The number of hydrogen-bond donors (Lipinski definition) is 1. The van der Waals surface area contributed by atoms with Crippen molar-refractivity contribution in [2.45, 2.75) is 30.5 Å². The number of amides is 1. The van der Waals surface area contributed by atoms with E-state index in [1.165, 1.54) is 13.2 Å². The molecule has 152 valence electrons. The molecule has 0 bridgehead atoms. The maximum Gasteiger partial charge on any atom is 0.422 e. The second-order valence-corrected chi connectivity index (χ2v) is 6.89. The molecule has 0 aromatic heterocycles. The maximum absolute atomic E-state index is 12.3. The van der Waals surface area contributed by atoms with Gasteiger partial charge in [0.15, 0.2) is 18.1 Å². The molecule has 0 aliphatic heterocycles. The molecule has 2 aromatic carbocycles. The van der Waals surface area contributed by atoms with Crippen LogP contribution in [0, 0.1) is 0 Å². The van der Waals surface area contributed by atoms with Crippen molar-refractivity contribution in [1.29, 1.82) is 0 Å². The molecule has 1 N–H and O–H groups in total. The van der Waals surface area contributed by atoms with Crippen LogP contribution in [0.25, 0.3) is 0 Å². The van der Waals surface area contributed by atoms with Crippen molar-refractivity contribution in [3.8, 4) is 11.5 Å². The van der Waals surface area contributed by atoms with Crippen molar-refractivity contribution in [3.05, 3.63) is 53.6 Å². The van der Waals surface area contributed by atoms with Gasteiger partial charge in [-0.25, -0.2) is 0 Å². The number of hydrogen-bond acceptors (Lipinski definition) is 4. The lowest BCUT2D eigenvalue weighted by atomic mass is 10.1. The molecule has 0 aliphatic rings. The second kappa shape index (κ2) is 10.3. The van der Waals surface area contributed by atoms with E-state index < -0.39 is 12.8 Å². The Bertz CT molecular complexity index is 779. The Kier molecular flexibility index (Phi) is 8.04. The summed E-state index contributed by atoms with van der Waals surface area (Å²) in [4.78, 5) is 13.2. The van der Waals surface area contributed by atoms with E-state index in [-0.39, 0.29) is 23.8 Å². The fraction of sp³-hybridized carbons (Fsp3) is 0.350. The summed E-state index contributed by atoms with van der Waals surface area (Å²) in [5.74, 6) is 0.114. The minimum atomic E-state index is -4.42. The van der Waals surface area contributed by atoms with Crippen LogP contribution in [0.4, 0.5) is 13.2 Å². The molecule has 28 heavy (non-hydrogen) atoms. The molecular weight excluding hydrogens is 391 g/mol. The van der Waals surface area contributed by atoms with Crippen LogP contribution in [0.1, 0.15) is 17.5 Å². The van der Waals surface area contributed by atoms with Gasteiger partial charge in [0.2, 0.25) is 5.91 Å². The molecule has 1 amide bonds. The Morgan fingerprint density at radius 3 is 2.36 bits per heavy atom. The summed E-state index contributed by atoms with van der Waals surface area (Å²) in [6.45, 7) is -0.940. The van der Waals surface area contributed by atoms with Crippen LogP contribution in [0.2, 0.25) is 0 Å². The molecule has 0 unspecified atom stereocenters. The molecule has 0 atom stereocenters. The summed E-state index contributed by atoms with van der Waals surface area (Å²) in [5.41, 5.74) is 1.79. The number of carbonyl (C=O) groups excluding carboxylic acids is 1. The highest BCUT2D eigenvalue weighted by Gasteiger charge is 2.29. The minimum absolute atomic E-state index is 0.0155. The van der Waals surface area contributed by atoms with E-state index in [1.54, 1.807) is 23.9 Å². The number of alkyl halides is 3. The Balaban J connectivity index is 1.84. The van der Waals surface area contributed by atoms with E-state index in [2.05, 4.69) is 5.32 Å². The van der Waals surface area contributed by atoms with E-state index in [1.807, 2.05) is 30.5 Å². The molecule has 0 fully saturated rings. The van der Waals surface area contributed by atoms with Crippen molar-refractivity contribution < 1.29 is 27.4 Å². The van der Waals surface area contributed by atoms with Gasteiger partial charge in [-0.2, -0.15) is 13.2 Å². The number of halogens is 3. The highest BCUT2D eigenvalue weighted by atomic mass is 32.2. The van der Waals surface area contributed by atoms with Crippen LogP contribution < -0.4 is 14.8 Å². The minimum Gasteiger partial charge on any atom is -0.493 e. The van der Waals surface area contributed by atoms with E-state index in [4.69, 9.17) is 9.47 Å².